The van der Waals surface area contributed by atoms with Gasteiger partial charge in [-0.05, 0) is 58.7 Å². The molecule has 0 saturated carbocycles. The van der Waals surface area contributed by atoms with Crippen LogP contribution in [0.1, 0.15) is 27.9 Å². The van der Waals surface area contributed by atoms with Gasteiger partial charge < -0.3 is 19.4 Å². The Morgan fingerprint density at radius 2 is 1.54 bits per heavy atom. The predicted octanol–water partition coefficient (Wildman–Crippen LogP) is 7.01. The molecule has 1 atom stereocenters. The lowest BCUT2D eigenvalue weighted by Gasteiger charge is -2.34. The van der Waals surface area contributed by atoms with Crippen LogP contribution in [-0.2, 0) is 40.0 Å². The lowest BCUT2D eigenvalue weighted by atomic mass is 10.0. The molecule has 0 bridgehead atoms. The molecular weight excluding hydrogens is 685 g/mol. The highest BCUT2D eigenvalue weighted by Crippen LogP contribution is 2.27. The van der Waals surface area contributed by atoms with E-state index in [1.54, 1.807) is 11.9 Å². The van der Waals surface area contributed by atoms with Crippen LogP contribution in [0.25, 0.3) is 6.08 Å². The third kappa shape index (κ3) is 9.54. The smallest absolute Gasteiger partial charge is 0.378 e. The summed E-state index contributed by atoms with van der Waals surface area (Å²) in [7, 11) is 1.71. The minimum atomic E-state index is -4.57. The number of morpholine rings is 1. The summed E-state index contributed by atoms with van der Waals surface area (Å²) in [5.74, 6) is -0.705. The number of nitrogens with zero attached hydrogens (tertiary/aromatic N) is 4. The number of halogens is 4. The Morgan fingerprint density at radius 3 is 2.17 bits per heavy atom. The Balaban J connectivity index is 1.46. The number of benzene rings is 3. The number of rotatable bonds is 11. The van der Waals surface area contributed by atoms with Crippen molar-refractivity contribution in [3.63, 3.8) is 0 Å². The van der Waals surface area contributed by atoms with Gasteiger partial charge in [0.1, 0.15) is 11.7 Å². The Bertz CT molecular complexity index is 1680. The Morgan fingerprint density at radius 1 is 0.896 bits per heavy atom. The van der Waals surface area contributed by atoms with Gasteiger partial charge in [0.2, 0.25) is 11.8 Å². The zero-order valence-corrected chi connectivity index (χ0v) is 28.0. The summed E-state index contributed by atoms with van der Waals surface area (Å²) in [5, 5.41) is 0. The molecule has 7 nitrogen and oxygen atoms in total. The van der Waals surface area contributed by atoms with E-state index in [-0.39, 0.29) is 18.9 Å². The summed E-state index contributed by atoms with van der Waals surface area (Å²) < 4.78 is 45.6. The van der Waals surface area contributed by atoms with E-state index in [9.17, 15) is 22.8 Å². The third-order valence-electron chi connectivity index (χ3n) is 8.09. The van der Waals surface area contributed by atoms with E-state index in [0.29, 0.717) is 25.3 Å². The number of carbonyl (C=O) groups excluding carboxylic acids is 2. The molecule has 1 aromatic heterocycles. The summed E-state index contributed by atoms with van der Waals surface area (Å²) in [6.45, 7) is 3.34. The van der Waals surface area contributed by atoms with Crippen molar-refractivity contribution in [3.8, 4) is 0 Å². The van der Waals surface area contributed by atoms with Crippen molar-refractivity contribution in [2.75, 3.05) is 38.3 Å². The maximum atomic E-state index is 14.3. The largest absolute Gasteiger partial charge is 0.433 e. The second kappa shape index (κ2) is 16.1. The van der Waals surface area contributed by atoms with E-state index in [0.717, 1.165) is 52.2 Å². The van der Waals surface area contributed by atoms with Crippen LogP contribution in [-0.4, -0.2) is 66.0 Å². The van der Waals surface area contributed by atoms with Gasteiger partial charge >= 0.3 is 6.18 Å². The van der Waals surface area contributed by atoms with E-state index in [1.807, 2.05) is 78.9 Å². The summed E-state index contributed by atoms with van der Waals surface area (Å²) in [4.78, 5) is 37.2. The van der Waals surface area contributed by atoms with Crippen molar-refractivity contribution in [1.82, 2.24) is 14.8 Å². The van der Waals surface area contributed by atoms with Gasteiger partial charge in [-0.25, -0.2) is 0 Å². The van der Waals surface area contributed by atoms with E-state index in [1.165, 1.54) is 23.1 Å². The molecule has 1 aliphatic heterocycles. The van der Waals surface area contributed by atoms with Crippen molar-refractivity contribution in [1.29, 1.82) is 0 Å². The first-order chi connectivity index (χ1) is 23.1. The predicted molar refractivity (Wildman–Crippen MR) is 183 cm³/mol. The molecule has 11 heteroatoms. The van der Waals surface area contributed by atoms with E-state index in [4.69, 9.17) is 4.74 Å². The average Bonchev–Trinajstić information content (AvgIpc) is 3.10. The van der Waals surface area contributed by atoms with Crippen molar-refractivity contribution in [3.05, 3.63) is 136 Å². The number of hydrogen-bond donors (Lipinski definition) is 0. The molecule has 5 rings (SSSR count). The molecule has 250 valence electrons. The summed E-state index contributed by atoms with van der Waals surface area (Å²) >= 11 is 3.44. The quantitative estimate of drug-likeness (QED) is 0.156. The Kier molecular flexibility index (Phi) is 11.7. The first kappa shape index (κ1) is 34.8. The number of amides is 2. The second-order valence-electron chi connectivity index (χ2n) is 11.6. The summed E-state index contributed by atoms with van der Waals surface area (Å²) in [6.07, 6.45) is -0.539. The van der Waals surface area contributed by atoms with E-state index >= 15 is 0 Å². The number of anilines is 1. The number of pyridine rings is 1. The number of alkyl halides is 3. The van der Waals surface area contributed by atoms with Crippen molar-refractivity contribution in [2.24, 2.45) is 0 Å². The zero-order chi connectivity index (χ0) is 34.1. The minimum absolute atomic E-state index is 0.132. The average molecular weight is 722 g/mol. The van der Waals surface area contributed by atoms with Crippen LogP contribution in [0.2, 0.25) is 0 Å². The molecule has 2 heterocycles. The van der Waals surface area contributed by atoms with Gasteiger partial charge in [0.05, 0.1) is 13.2 Å². The lowest BCUT2D eigenvalue weighted by Crippen LogP contribution is -2.50. The molecule has 0 N–H and O–H groups in total. The third-order valence-corrected chi connectivity index (χ3v) is 8.61. The van der Waals surface area contributed by atoms with E-state index < -0.39 is 23.8 Å². The molecular formula is C37H36BrF3N4O3. The van der Waals surface area contributed by atoms with Gasteiger partial charge in [-0.2, -0.15) is 13.2 Å². The van der Waals surface area contributed by atoms with Crippen LogP contribution in [0.5, 0.6) is 0 Å². The first-order valence-corrected chi connectivity index (χ1v) is 16.3. The fourth-order valence-electron chi connectivity index (χ4n) is 5.47. The van der Waals surface area contributed by atoms with Gasteiger partial charge in [0, 0.05) is 62.1 Å². The topological polar surface area (TPSA) is 66.0 Å². The van der Waals surface area contributed by atoms with Crippen LogP contribution in [0, 0.1) is 0 Å². The molecule has 0 aliphatic carbocycles. The van der Waals surface area contributed by atoms with Crippen LogP contribution in [0.15, 0.2) is 108 Å². The zero-order valence-electron chi connectivity index (χ0n) is 26.4. The van der Waals surface area contributed by atoms with Crippen molar-refractivity contribution >= 4 is 39.5 Å². The number of aromatic nitrogens is 1. The van der Waals surface area contributed by atoms with Gasteiger partial charge in [0.25, 0.3) is 0 Å². The molecule has 3 aromatic carbocycles. The minimum Gasteiger partial charge on any atom is -0.378 e. The standard InChI is InChI=1S/C37H36BrF3N4O3/c1-43(25-29-7-13-31(38)14-8-29)36(47)33(23-27-5-3-2-4-6-27)45(26-30-9-15-32(16-10-30)44-19-21-48-22-20-44)35(46)18-12-28-11-17-34(42-24-28)37(39,40)41/h2-18,24,33H,19-23,25-26H2,1H3/b18-12+/t33-/m0/s1. The van der Waals surface area contributed by atoms with Crippen LogP contribution >= 0.6 is 15.9 Å². The molecule has 1 saturated heterocycles. The molecule has 1 aliphatic rings. The van der Waals surface area contributed by atoms with Crippen molar-refractivity contribution in [2.45, 2.75) is 31.7 Å². The van der Waals surface area contributed by atoms with E-state index in [2.05, 4.69) is 25.8 Å². The number of ether oxygens (including phenoxy) is 1. The molecule has 4 aromatic rings. The molecule has 0 unspecified atom stereocenters. The van der Waals surface area contributed by atoms with Crippen molar-refractivity contribution < 1.29 is 27.5 Å². The lowest BCUT2D eigenvalue weighted by molar-refractivity contribution is -0.143. The monoisotopic (exact) mass is 720 g/mol. The fourth-order valence-corrected chi connectivity index (χ4v) is 5.74. The molecule has 1 fully saturated rings. The highest BCUT2D eigenvalue weighted by Gasteiger charge is 2.33. The number of likely N-dealkylation sites (N-methyl/N-ethyl adjacent to an activating group) is 1. The van der Waals surface area contributed by atoms with Crippen LogP contribution < -0.4 is 4.90 Å². The first-order valence-electron chi connectivity index (χ1n) is 15.5. The Labute approximate surface area is 286 Å². The summed E-state index contributed by atoms with van der Waals surface area (Å²) in [5.41, 5.74) is 2.98. The van der Waals surface area contributed by atoms with Gasteiger partial charge in [-0.3, -0.25) is 14.6 Å². The van der Waals surface area contributed by atoms with Crippen LogP contribution in [0.3, 0.4) is 0 Å². The number of hydrogen-bond acceptors (Lipinski definition) is 5. The maximum Gasteiger partial charge on any atom is 0.433 e. The van der Waals surface area contributed by atoms with Gasteiger partial charge in [0.15, 0.2) is 0 Å². The van der Waals surface area contributed by atoms with Gasteiger partial charge in [-0.15, -0.1) is 0 Å². The maximum absolute atomic E-state index is 14.3. The highest BCUT2D eigenvalue weighted by atomic mass is 79.9. The molecule has 0 spiro atoms. The number of carbonyl (C=O) groups is 2. The second-order valence-corrected chi connectivity index (χ2v) is 12.5. The molecule has 2 amide bonds. The highest BCUT2D eigenvalue weighted by molar-refractivity contribution is 9.10. The van der Waals surface area contributed by atoms with Gasteiger partial charge in [-0.1, -0.05) is 76.6 Å². The molecule has 48 heavy (non-hydrogen) atoms. The van der Waals surface area contributed by atoms with Crippen LogP contribution in [0.4, 0.5) is 18.9 Å². The SMILES string of the molecule is CN(Cc1ccc(Br)cc1)C(=O)[C@H](Cc1ccccc1)N(Cc1ccc(N2CCOCC2)cc1)C(=O)/C=C/c1ccc(C(F)(F)F)nc1. The summed E-state index contributed by atoms with van der Waals surface area (Å²) in [6, 6.07) is 26.3. The normalized spacial score (nSPS) is 14.1. The molecule has 0 radical (unpaired) electrons. The Hall–Kier alpha value is -4.48. The fraction of sp³-hybridized carbons (Fsp3) is 0.270.